The Bertz CT molecular complexity index is 240. The third kappa shape index (κ3) is 3.98. The molecule has 3 heteroatoms. The molecule has 1 aliphatic carbocycles. The lowest BCUT2D eigenvalue weighted by Crippen LogP contribution is -2.26. The van der Waals surface area contributed by atoms with Gasteiger partial charge in [-0.05, 0) is 38.5 Å². The van der Waals surface area contributed by atoms with Crippen LogP contribution in [0.3, 0.4) is 0 Å². The van der Waals surface area contributed by atoms with Crippen molar-refractivity contribution < 1.29 is 14.3 Å². The van der Waals surface area contributed by atoms with Crippen LogP contribution in [0.25, 0.3) is 0 Å². The van der Waals surface area contributed by atoms with Crippen molar-refractivity contribution in [1.82, 2.24) is 0 Å². The fraction of sp³-hybridized carbons (Fsp3) is 0.929. The zero-order valence-electron chi connectivity index (χ0n) is 11.6. The highest BCUT2D eigenvalue weighted by Crippen LogP contribution is 2.40. The van der Waals surface area contributed by atoms with Crippen molar-refractivity contribution in [2.45, 2.75) is 59.7 Å². The van der Waals surface area contributed by atoms with Gasteiger partial charge in [-0.25, -0.2) is 0 Å². The monoisotopic (exact) mass is 242 g/mol. The number of hydrogen-bond acceptors (Lipinski definition) is 3. The smallest absolute Gasteiger partial charge is 0.311 e. The van der Waals surface area contributed by atoms with Gasteiger partial charge in [0, 0.05) is 6.61 Å². The summed E-state index contributed by atoms with van der Waals surface area (Å²) in [4.78, 5) is 12.1. The molecule has 4 unspecified atom stereocenters. The fourth-order valence-electron chi connectivity index (χ4n) is 2.83. The molecule has 0 aromatic rings. The van der Waals surface area contributed by atoms with Crippen LogP contribution in [-0.2, 0) is 14.3 Å². The molecule has 0 aromatic heterocycles. The van der Waals surface area contributed by atoms with Crippen molar-refractivity contribution in [2.24, 2.45) is 17.8 Å². The van der Waals surface area contributed by atoms with Gasteiger partial charge in [0.15, 0.2) is 6.29 Å². The van der Waals surface area contributed by atoms with E-state index >= 15 is 0 Å². The lowest BCUT2D eigenvalue weighted by molar-refractivity contribution is -0.179. The number of rotatable bonds is 6. The van der Waals surface area contributed by atoms with E-state index in [1.165, 1.54) is 12.8 Å². The zero-order chi connectivity index (χ0) is 12.8. The molecule has 0 saturated heterocycles. The summed E-state index contributed by atoms with van der Waals surface area (Å²) < 4.78 is 10.6. The molecule has 0 N–H and O–H groups in total. The highest BCUT2D eigenvalue weighted by molar-refractivity contribution is 5.73. The van der Waals surface area contributed by atoms with Crippen LogP contribution in [0.5, 0.6) is 0 Å². The second kappa shape index (κ2) is 7.00. The van der Waals surface area contributed by atoms with Crippen LogP contribution in [0.2, 0.25) is 0 Å². The molecule has 0 amide bonds. The number of carbonyl (C=O) groups is 1. The van der Waals surface area contributed by atoms with E-state index in [0.29, 0.717) is 18.4 Å². The van der Waals surface area contributed by atoms with E-state index in [-0.39, 0.29) is 11.9 Å². The Kier molecular flexibility index (Phi) is 5.96. The van der Waals surface area contributed by atoms with Crippen LogP contribution in [0.4, 0.5) is 0 Å². The molecule has 1 saturated carbocycles. The lowest BCUT2D eigenvalue weighted by Gasteiger charge is -2.19. The Hall–Kier alpha value is -0.570. The van der Waals surface area contributed by atoms with Crippen molar-refractivity contribution in [2.75, 3.05) is 6.61 Å². The van der Waals surface area contributed by atoms with Gasteiger partial charge in [-0.15, -0.1) is 0 Å². The van der Waals surface area contributed by atoms with Gasteiger partial charge in [-0.3, -0.25) is 4.79 Å². The first kappa shape index (κ1) is 14.5. The summed E-state index contributed by atoms with van der Waals surface area (Å²) in [6.45, 7) is 8.63. The topological polar surface area (TPSA) is 35.5 Å². The van der Waals surface area contributed by atoms with Crippen LogP contribution >= 0.6 is 0 Å². The van der Waals surface area contributed by atoms with Crippen molar-refractivity contribution in [1.29, 1.82) is 0 Å². The number of hydrogen-bond donors (Lipinski definition) is 0. The molecule has 1 rings (SSSR count). The number of esters is 1. The third-order valence-corrected chi connectivity index (χ3v) is 3.88. The first-order valence-electron chi connectivity index (χ1n) is 6.94. The highest BCUT2D eigenvalue weighted by atomic mass is 16.7. The molecule has 0 heterocycles. The Morgan fingerprint density at radius 2 is 1.94 bits per heavy atom. The maximum absolute atomic E-state index is 12.1. The molecule has 100 valence electrons. The van der Waals surface area contributed by atoms with Gasteiger partial charge in [0.1, 0.15) is 0 Å². The fourth-order valence-corrected chi connectivity index (χ4v) is 2.83. The van der Waals surface area contributed by atoms with Crippen LogP contribution in [0, 0.1) is 17.8 Å². The second-order valence-corrected chi connectivity index (χ2v) is 4.98. The molecule has 0 radical (unpaired) electrons. The third-order valence-electron chi connectivity index (χ3n) is 3.88. The summed E-state index contributed by atoms with van der Waals surface area (Å²) in [5, 5.41) is 0. The van der Waals surface area contributed by atoms with Gasteiger partial charge in [-0.1, -0.05) is 26.7 Å². The minimum atomic E-state index is -0.411. The first-order valence-corrected chi connectivity index (χ1v) is 6.94. The Labute approximate surface area is 105 Å². The molecule has 3 nitrogen and oxygen atoms in total. The van der Waals surface area contributed by atoms with E-state index in [1.54, 1.807) is 6.92 Å². The van der Waals surface area contributed by atoms with E-state index in [9.17, 15) is 4.79 Å². The zero-order valence-corrected chi connectivity index (χ0v) is 11.6. The van der Waals surface area contributed by atoms with Crippen LogP contribution in [0.1, 0.15) is 53.4 Å². The normalized spacial score (nSPS) is 30.2. The SMILES string of the molecule is CCOC(C)OC(=O)C1CC(CC)CC1CC. The minimum Gasteiger partial charge on any atom is -0.436 e. The Morgan fingerprint density at radius 1 is 1.24 bits per heavy atom. The van der Waals surface area contributed by atoms with E-state index in [0.717, 1.165) is 12.8 Å². The maximum Gasteiger partial charge on any atom is 0.311 e. The van der Waals surface area contributed by atoms with Gasteiger partial charge >= 0.3 is 5.97 Å². The van der Waals surface area contributed by atoms with Gasteiger partial charge in [0.05, 0.1) is 5.92 Å². The predicted molar refractivity (Wildman–Crippen MR) is 67.5 cm³/mol. The van der Waals surface area contributed by atoms with Crippen LogP contribution in [-0.4, -0.2) is 18.9 Å². The highest BCUT2D eigenvalue weighted by Gasteiger charge is 2.38. The van der Waals surface area contributed by atoms with Gasteiger partial charge in [-0.2, -0.15) is 0 Å². The summed E-state index contributed by atoms with van der Waals surface area (Å²) in [5.74, 6) is 1.22. The first-order chi connectivity index (χ1) is 8.12. The van der Waals surface area contributed by atoms with Crippen molar-refractivity contribution >= 4 is 5.97 Å². The predicted octanol–water partition coefficient (Wildman–Crippen LogP) is 3.37. The Morgan fingerprint density at radius 3 is 2.47 bits per heavy atom. The largest absolute Gasteiger partial charge is 0.436 e. The van der Waals surface area contributed by atoms with Crippen molar-refractivity contribution in [3.8, 4) is 0 Å². The van der Waals surface area contributed by atoms with E-state index in [2.05, 4.69) is 13.8 Å². The quantitative estimate of drug-likeness (QED) is 0.529. The summed E-state index contributed by atoms with van der Waals surface area (Å²) in [5.41, 5.74) is 0. The Balaban J connectivity index is 2.49. The molecular formula is C14H26O3. The van der Waals surface area contributed by atoms with Gasteiger partial charge < -0.3 is 9.47 Å². The van der Waals surface area contributed by atoms with Crippen molar-refractivity contribution in [3.05, 3.63) is 0 Å². The number of ether oxygens (including phenoxy) is 2. The number of carbonyl (C=O) groups excluding carboxylic acids is 1. The maximum atomic E-state index is 12.1. The average Bonchev–Trinajstić information content (AvgIpc) is 2.72. The van der Waals surface area contributed by atoms with Crippen molar-refractivity contribution in [3.63, 3.8) is 0 Å². The van der Waals surface area contributed by atoms with Gasteiger partial charge in [0.25, 0.3) is 0 Å². The lowest BCUT2D eigenvalue weighted by atomic mass is 9.94. The van der Waals surface area contributed by atoms with E-state index in [4.69, 9.17) is 9.47 Å². The molecule has 0 aromatic carbocycles. The molecule has 1 fully saturated rings. The van der Waals surface area contributed by atoms with Crippen LogP contribution in [0.15, 0.2) is 0 Å². The van der Waals surface area contributed by atoms with Gasteiger partial charge in [0.2, 0.25) is 0 Å². The molecule has 1 aliphatic rings. The summed E-state index contributed by atoms with van der Waals surface area (Å²) in [6.07, 6.45) is 3.99. The second-order valence-electron chi connectivity index (χ2n) is 4.98. The molecule has 17 heavy (non-hydrogen) atoms. The molecule has 4 atom stereocenters. The summed E-state index contributed by atoms with van der Waals surface area (Å²) in [6, 6.07) is 0. The van der Waals surface area contributed by atoms with E-state index < -0.39 is 6.29 Å². The minimum absolute atomic E-state index is 0.0613. The van der Waals surface area contributed by atoms with Crippen LogP contribution < -0.4 is 0 Å². The average molecular weight is 242 g/mol. The summed E-state index contributed by atoms with van der Waals surface area (Å²) in [7, 11) is 0. The molecule has 0 spiro atoms. The molecule has 0 bridgehead atoms. The summed E-state index contributed by atoms with van der Waals surface area (Å²) >= 11 is 0. The molecule has 0 aliphatic heterocycles. The standard InChI is InChI=1S/C14H26O3/c1-5-11-8-12(6-2)13(9-11)14(15)17-10(4)16-7-3/h10-13H,5-9H2,1-4H3. The molecular weight excluding hydrogens is 216 g/mol. The van der Waals surface area contributed by atoms with E-state index in [1.807, 2.05) is 6.92 Å².